The average Bonchev–Trinajstić information content (AvgIpc) is 3.15. The fraction of sp³-hybridized carbons (Fsp3) is 0.500. The standard InChI is InChI=1S/C26H36N2S/c1-3-4-5-6-7-8-9-10-11-12-19-27-23-16-14-22(15-17-23)26-28-24-18-13-21(2)20-25(24)29-26/h13-18,20,27H,3-12,19H2,1-2H3. The molecule has 0 radical (unpaired) electrons. The molecule has 0 aliphatic rings. The fourth-order valence-corrected chi connectivity index (χ4v) is 4.80. The van der Waals surface area contributed by atoms with Crippen LogP contribution < -0.4 is 5.32 Å². The second-order valence-corrected chi connectivity index (χ2v) is 9.21. The molecule has 1 N–H and O–H groups in total. The number of aryl methyl sites for hydroxylation is 1. The Kier molecular flexibility index (Phi) is 9.01. The summed E-state index contributed by atoms with van der Waals surface area (Å²) >= 11 is 1.77. The van der Waals surface area contributed by atoms with Crippen LogP contribution in [0.15, 0.2) is 42.5 Å². The third-order valence-corrected chi connectivity index (χ3v) is 6.60. The molecule has 0 saturated heterocycles. The number of benzene rings is 2. The first-order valence-electron chi connectivity index (χ1n) is 11.5. The number of nitrogens with one attached hydrogen (secondary N) is 1. The molecule has 156 valence electrons. The van der Waals surface area contributed by atoms with E-state index in [-0.39, 0.29) is 0 Å². The van der Waals surface area contributed by atoms with Crippen LogP contribution in [-0.4, -0.2) is 11.5 Å². The molecule has 2 aromatic carbocycles. The molecular weight excluding hydrogens is 372 g/mol. The van der Waals surface area contributed by atoms with E-state index in [1.807, 2.05) is 0 Å². The fourth-order valence-electron chi connectivity index (χ4n) is 3.73. The first kappa shape index (κ1) is 21.8. The summed E-state index contributed by atoms with van der Waals surface area (Å²) in [6.45, 7) is 5.48. The van der Waals surface area contributed by atoms with Crippen molar-refractivity contribution in [3.05, 3.63) is 48.0 Å². The molecule has 3 heteroatoms. The zero-order valence-corrected chi connectivity index (χ0v) is 19.0. The van der Waals surface area contributed by atoms with Gasteiger partial charge >= 0.3 is 0 Å². The third kappa shape index (κ3) is 7.15. The Morgan fingerprint density at radius 1 is 0.793 bits per heavy atom. The maximum atomic E-state index is 4.78. The van der Waals surface area contributed by atoms with Gasteiger partial charge in [0.2, 0.25) is 0 Å². The highest BCUT2D eigenvalue weighted by Gasteiger charge is 2.06. The van der Waals surface area contributed by atoms with Gasteiger partial charge in [-0.25, -0.2) is 4.98 Å². The van der Waals surface area contributed by atoms with Gasteiger partial charge < -0.3 is 5.32 Å². The van der Waals surface area contributed by atoms with Gasteiger partial charge in [-0.2, -0.15) is 0 Å². The smallest absolute Gasteiger partial charge is 0.124 e. The highest BCUT2D eigenvalue weighted by atomic mass is 32.1. The van der Waals surface area contributed by atoms with Crippen molar-refractivity contribution in [1.29, 1.82) is 0 Å². The van der Waals surface area contributed by atoms with Crippen LogP contribution >= 0.6 is 11.3 Å². The lowest BCUT2D eigenvalue weighted by Gasteiger charge is -2.07. The van der Waals surface area contributed by atoms with Gasteiger partial charge in [0.15, 0.2) is 0 Å². The SMILES string of the molecule is CCCCCCCCCCCCNc1ccc(-c2nc3ccc(C)cc3s2)cc1. The monoisotopic (exact) mass is 408 g/mol. The molecule has 0 aliphatic heterocycles. The van der Waals surface area contributed by atoms with Crippen LogP contribution in [0.5, 0.6) is 0 Å². The van der Waals surface area contributed by atoms with E-state index in [2.05, 4.69) is 61.6 Å². The van der Waals surface area contributed by atoms with Crippen LogP contribution in [-0.2, 0) is 0 Å². The molecular formula is C26H36N2S. The molecule has 0 aliphatic carbocycles. The molecule has 0 atom stereocenters. The third-order valence-electron chi connectivity index (χ3n) is 5.54. The molecule has 29 heavy (non-hydrogen) atoms. The molecule has 3 aromatic rings. The predicted molar refractivity (Wildman–Crippen MR) is 130 cm³/mol. The summed E-state index contributed by atoms with van der Waals surface area (Å²) in [6.07, 6.45) is 13.8. The quantitative estimate of drug-likeness (QED) is 0.286. The van der Waals surface area contributed by atoms with E-state index in [1.54, 1.807) is 11.3 Å². The summed E-state index contributed by atoms with van der Waals surface area (Å²) in [5.41, 5.74) is 4.80. The molecule has 2 nitrogen and oxygen atoms in total. The molecule has 1 aromatic heterocycles. The normalized spacial score (nSPS) is 11.2. The number of aromatic nitrogens is 1. The number of rotatable bonds is 13. The second-order valence-electron chi connectivity index (χ2n) is 8.18. The summed E-state index contributed by atoms with van der Waals surface area (Å²) in [5.74, 6) is 0. The van der Waals surface area contributed by atoms with E-state index < -0.39 is 0 Å². The van der Waals surface area contributed by atoms with Crippen LogP contribution in [0.2, 0.25) is 0 Å². The van der Waals surface area contributed by atoms with Crippen LogP contribution in [0.4, 0.5) is 5.69 Å². The van der Waals surface area contributed by atoms with Crippen molar-refractivity contribution in [1.82, 2.24) is 4.98 Å². The average molecular weight is 409 g/mol. The molecule has 0 unspecified atom stereocenters. The predicted octanol–water partition coefficient (Wildman–Crippen LogP) is 8.60. The van der Waals surface area contributed by atoms with Crippen LogP contribution in [0.3, 0.4) is 0 Å². The van der Waals surface area contributed by atoms with Crippen molar-refractivity contribution in [3.8, 4) is 10.6 Å². The van der Waals surface area contributed by atoms with Gasteiger partial charge in [0.05, 0.1) is 10.2 Å². The van der Waals surface area contributed by atoms with Crippen molar-refractivity contribution in [2.45, 2.75) is 78.1 Å². The number of fused-ring (bicyclic) bond motifs is 1. The summed E-state index contributed by atoms with van der Waals surface area (Å²) in [7, 11) is 0. The number of hydrogen-bond acceptors (Lipinski definition) is 3. The van der Waals surface area contributed by atoms with Gasteiger partial charge in [0.25, 0.3) is 0 Å². The molecule has 0 amide bonds. The lowest BCUT2D eigenvalue weighted by molar-refractivity contribution is 0.560. The summed E-state index contributed by atoms with van der Waals surface area (Å²) in [6, 6.07) is 15.2. The van der Waals surface area contributed by atoms with Gasteiger partial charge in [-0.1, -0.05) is 70.8 Å². The Labute approximate surface area is 180 Å². The zero-order chi connectivity index (χ0) is 20.3. The molecule has 0 bridgehead atoms. The van der Waals surface area contributed by atoms with Gasteiger partial charge in [-0.3, -0.25) is 0 Å². The Hall–Kier alpha value is -1.87. The number of thiazole rings is 1. The van der Waals surface area contributed by atoms with Crippen LogP contribution in [0.1, 0.15) is 76.7 Å². The summed E-state index contributed by atoms with van der Waals surface area (Å²) < 4.78 is 1.27. The van der Waals surface area contributed by atoms with Crippen molar-refractivity contribution >= 4 is 27.2 Å². The van der Waals surface area contributed by atoms with Gasteiger partial charge in [-0.05, 0) is 55.3 Å². The molecule has 1 heterocycles. The Bertz CT molecular complexity index is 851. The Balaban J connectivity index is 1.33. The van der Waals surface area contributed by atoms with Gasteiger partial charge in [0, 0.05) is 17.8 Å². The molecule has 0 spiro atoms. The lowest BCUT2D eigenvalue weighted by atomic mass is 10.1. The number of nitrogens with zero attached hydrogens (tertiary/aromatic N) is 1. The first-order valence-corrected chi connectivity index (χ1v) is 12.3. The second kappa shape index (κ2) is 12.0. The molecule has 3 rings (SSSR count). The van der Waals surface area contributed by atoms with Crippen molar-refractivity contribution in [2.75, 3.05) is 11.9 Å². The van der Waals surface area contributed by atoms with Crippen molar-refractivity contribution in [3.63, 3.8) is 0 Å². The Morgan fingerprint density at radius 2 is 1.45 bits per heavy atom. The maximum Gasteiger partial charge on any atom is 0.124 e. The van der Waals surface area contributed by atoms with E-state index in [0.29, 0.717) is 0 Å². The van der Waals surface area contributed by atoms with Crippen LogP contribution in [0.25, 0.3) is 20.8 Å². The van der Waals surface area contributed by atoms with E-state index >= 15 is 0 Å². The maximum absolute atomic E-state index is 4.78. The topological polar surface area (TPSA) is 24.9 Å². The van der Waals surface area contributed by atoms with Crippen molar-refractivity contribution < 1.29 is 0 Å². The van der Waals surface area contributed by atoms with Crippen LogP contribution in [0, 0.1) is 6.92 Å². The minimum atomic E-state index is 1.07. The van der Waals surface area contributed by atoms with Gasteiger partial charge in [-0.15, -0.1) is 11.3 Å². The summed E-state index contributed by atoms with van der Waals surface area (Å²) in [5, 5.41) is 4.67. The highest BCUT2D eigenvalue weighted by Crippen LogP contribution is 2.31. The zero-order valence-electron chi connectivity index (χ0n) is 18.2. The summed E-state index contributed by atoms with van der Waals surface area (Å²) in [4.78, 5) is 4.78. The van der Waals surface area contributed by atoms with E-state index in [4.69, 9.17) is 4.98 Å². The lowest BCUT2D eigenvalue weighted by Crippen LogP contribution is -2.01. The highest BCUT2D eigenvalue weighted by molar-refractivity contribution is 7.21. The van der Waals surface area contributed by atoms with E-state index in [1.165, 1.54) is 85.7 Å². The minimum Gasteiger partial charge on any atom is -0.385 e. The number of unbranched alkanes of at least 4 members (excludes halogenated alkanes) is 9. The first-order chi connectivity index (χ1) is 14.3. The Morgan fingerprint density at radius 3 is 2.14 bits per heavy atom. The van der Waals surface area contributed by atoms with Gasteiger partial charge in [0.1, 0.15) is 5.01 Å². The number of anilines is 1. The number of hydrogen-bond donors (Lipinski definition) is 1. The molecule has 0 fully saturated rings. The largest absolute Gasteiger partial charge is 0.385 e. The van der Waals surface area contributed by atoms with Crippen molar-refractivity contribution in [2.24, 2.45) is 0 Å². The molecule has 0 saturated carbocycles. The minimum absolute atomic E-state index is 1.07. The van der Waals surface area contributed by atoms with E-state index in [9.17, 15) is 0 Å². The van der Waals surface area contributed by atoms with E-state index in [0.717, 1.165) is 17.1 Å².